The van der Waals surface area contributed by atoms with E-state index in [0.717, 1.165) is 0 Å². The van der Waals surface area contributed by atoms with Crippen LogP contribution in [0.4, 0.5) is 4.79 Å². The van der Waals surface area contributed by atoms with Crippen molar-refractivity contribution in [3.8, 4) is 0 Å². The van der Waals surface area contributed by atoms with Gasteiger partial charge in [0.25, 0.3) is 5.56 Å². The van der Waals surface area contributed by atoms with Crippen molar-refractivity contribution >= 4 is 22.9 Å². The van der Waals surface area contributed by atoms with Crippen molar-refractivity contribution in [2.75, 3.05) is 19.7 Å². The Bertz CT molecular complexity index is 864. The SMILES string of the molecule is CCOC(=O)N1CC[C@H](NC(=O)CCc2nc3ccccc3c(=O)[nH]2)C1. The molecule has 0 bridgehead atoms. The monoisotopic (exact) mass is 358 g/mol. The van der Waals surface area contributed by atoms with E-state index in [4.69, 9.17) is 4.74 Å². The predicted octanol–water partition coefficient (Wildman–Crippen LogP) is 1.20. The van der Waals surface area contributed by atoms with E-state index < -0.39 is 0 Å². The number of aromatic amines is 1. The number of H-pyrrole nitrogens is 1. The number of benzene rings is 1. The van der Waals surface area contributed by atoms with E-state index in [-0.39, 0.29) is 30.0 Å². The summed E-state index contributed by atoms with van der Waals surface area (Å²) in [6.07, 6.45) is 0.926. The van der Waals surface area contributed by atoms with Crippen molar-refractivity contribution in [1.82, 2.24) is 20.2 Å². The molecule has 8 heteroatoms. The van der Waals surface area contributed by atoms with E-state index in [1.165, 1.54) is 0 Å². The number of nitrogens with zero attached hydrogens (tertiary/aromatic N) is 2. The zero-order chi connectivity index (χ0) is 18.5. The molecule has 1 aromatic heterocycles. The van der Waals surface area contributed by atoms with Gasteiger partial charge in [0, 0.05) is 32.0 Å². The molecule has 138 valence electrons. The average molecular weight is 358 g/mol. The highest BCUT2D eigenvalue weighted by Crippen LogP contribution is 2.11. The second kappa shape index (κ2) is 7.99. The lowest BCUT2D eigenvalue weighted by Crippen LogP contribution is -2.38. The maximum absolute atomic E-state index is 12.2. The number of rotatable bonds is 5. The molecule has 0 aliphatic carbocycles. The van der Waals surface area contributed by atoms with E-state index in [9.17, 15) is 14.4 Å². The number of para-hydroxylation sites is 1. The molecule has 1 aromatic carbocycles. The lowest BCUT2D eigenvalue weighted by Gasteiger charge is -2.16. The number of hydrogen-bond donors (Lipinski definition) is 2. The Labute approximate surface area is 150 Å². The number of carbonyl (C=O) groups excluding carboxylic acids is 2. The normalized spacial score (nSPS) is 16.7. The van der Waals surface area contributed by atoms with Crippen LogP contribution in [0.1, 0.15) is 25.6 Å². The van der Waals surface area contributed by atoms with Gasteiger partial charge in [-0.25, -0.2) is 9.78 Å². The molecule has 2 heterocycles. The minimum Gasteiger partial charge on any atom is -0.450 e. The Morgan fingerprint density at radius 1 is 1.38 bits per heavy atom. The molecule has 1 aliphatic rings. The fourth-order valence-electron chi connectivity index (χ4n) is 3.04. The molecule has 26 heavy (non-hydrogen) atoms. The molecular formula is C18H22N4O4. The fraction of sp³-hybridized carbons (Fsp3) is 0.444. The summed E-state index contributed by atoms with van der Waals surface area (Å²) in [7, 11) is 0. The van der Waals surface area contributed by atoms with Gasteiger partial charge in [0.15, 0.2) is 0 Å². The molecule has 3 rings (SSSR count). The zero-order valence-electron chi connectivity index (χ0n) is 14.7. The number of aryl methyl sites for hydroxylation is 1. The number of amides is 2. The average Bonchev–Trinajstić information content (AvgIpc) is 3.09. The zero-order valence-corrected chi connectivity index (χ0v) is 14.7. The summed E-state index contributed by atoms with van der Waals surface area (Å²) < 4.78 is 4.96. The molecule has 0 radical (unpaired) electrons. The van der Waals surface area contributed by atoms with Gasteiger partial charge in [0.05, 0.1) is 17.5 Å². The molecule has 2 N–H and O–H groups in total. The molecule has 0 spiro atoms. The van der Waals surface area contributed by atoms with Gasteiger partial charge >= 0.3 is 6.09 Å². The molecule has 1 saturated heterocycles. The molecular weight excluding hydrogens is 336 g/mol. The molecule has 0 saturated carbocycles. The quantitative estimate of drug-likeness (QED) is 0.836. The van der Waals surface area contributed by atoms with Gasteiger partial charge in [-0.1, -0.05) is 12.1 Å². The van der Waals surface area contributed by atoms with Gasteiger partial charge in [0.2, 0.25) is 5.91 Å². The highest BCUT2D eigenvalue weighted by atomic mass is 16.6. The van der Waals surface area contributed by atoms with Crippen LogP contribution in [0, 0.1) is 0 Å². The second-order valence-corrected chi connectivity index (χ2v) is 6.23. The Balaban J connectivity index is 1.52. The van der Waals surface area contributed by atoms with Crippen molar-refractivity contribution < 1.29 is 14.3 Å². The van der Waals surface area contributed by atoms with Gasteiger partial charge < -0.3 is 19.9 Å². The largest absolute Gasteiger partial charge is 0.450 e. The van der Waals surface area contributed by atoms with Gasteiger partial charge in [-0.05, 0) is 25.5 Å². The minimum absolute atomic E-state index is 0.0736. The van der Waals surface area contributed by atoms with E-state index in [1.807, 2.05) is 6.07 Å². The minimum atomic E-state index is -0.345. The van der Waals surface area contributed by atoms with Gasteiger partial charge in [-0.3, -0.25) is 9.59 Å². The Morgan fingerprint density at radius 2 is 2.19 bits per heavy atom. The van der Waals surface area contributed by atoms with Gasteiger partial charge in [0.1, 0.15) is 5.82 Å². The number of fused-ring (bicyclic) bond motifs is 1. The lowest BCUT2D eigenvalue weighted by molar-refractivity contribution is -0.121. The van der Waals surface area contributed by atoms with Crippen LogP contribution in [-0.4, -0.2) is 52.6 Å². The van der Waals surface area contributed by atoms with Crippen LogP contribution in [0.3, 0.4) is 0 Å². The Morgan fingerprint density at radius 3 is 3.00 bits per heavy atom. The van der Waals surface area contributed by atoms with Crippen LogP contribution >= 0.6 is 0 Å². The summed E-state index contributed by atoms with van der Waals surface area (Å²) in [6.45, 7) is 3.13. The third-order valence-corrected chi connectivity index (χ3v) is 4.33. The maximum atomic E-state index is 12.2. The first-order valence-corrected chi connectivity index (χ1v) is 8.76. The molecule has 8 nitrogen and oxygen atoms in total. The predicted molar refractivity (Wildman–Crippen MR) is 95.8 cm³/mol. The van der Waals surface area contributed by atoms with Crippen molar-refractivity contribution in [1.29, 1.82) is 0 Å². The molecule has 0 unspecified atom stereocenters. The molecule has 1 atom stereocenters. The highest BCUT2D eigenvalue weighted by molar-refractivity contribution is 5.78. The summed E-state index contributed by atoms with van der Waals surface area (Å²) in [6, 6.07) is 7.02. The number of carbonyl (C=O) groups is 2. The Kier molecular flexibility index (Phi) is 5.50. The van der Waals surface area contributed by atoms with Crippen LogP contribution < -0.4 is 10.9 Å². The van der Waals surface area contributed by atoms with Crippen LogP contribution in [0.5, 0.6) is 0 Å². The van der Waals surface area contributed by atoms with Crippen molar-refractivity contribution in [3.63, 3.8) is 0 Å². The number of likely N-dealkylation sites (tertiary alicyclic amines) is 1. The van der Waals surface area contributed by atoms with Crippen LogP contribution in [0.15, 0.2) is 29.1 Å². The van der Waals surface area contributed by atoms with Gasteiger partial charge in [-0.15, -0.1) is 0 Å². The number of aromatic nitrogens is 2. The van der Waals surface area contributed by atoms with E-state index >= 15 is 0 Å². The van der Waals surface area contributed by atoms with Gasteiger partial charge in [-0.2, -0.15) is 0 Å². The second-order valence-electron chi connectivity index (χ2n) is 6.23. The van der Waals surface area contributed by atoms with E-state index in [2.05, 4.69) is 15.3 Å². The number of nitrogens with one attached hydrogen (secondary N) is 2. The molecule has 1 fully saturated rings. The molecule has 2 amide bonds. The van der Waals surface area contributed by atoms with E-state index in [0.29, 0.717) is 49.3 Å². The summed E-state index contributed by atoms with van der Waals surface area (Å²) in [4.78, 5) is 44.6. The molecule has 1 aliphatic heterocycles. The van der Waals surface area contributed by atoms with Crippen LogP contribution in [0.2, 0.25) is 0 Å². The Hall–Kier alpha value is -2.90. The fourth-order valence-corrected chi connectivity index (χ4v) is 3.04. The van der Waals surface area contributed by atoms with E-state index in [1.54, 1.807) is 30.0 Å². The number of ether oxygens (including phenoxy) is 1. The topological polar surface area (TPSA) is 104 Å². The summed E-state index contributed by atoms with van der Waals surface area (Å²) in [5, 5.41) is 3.45. The molecule has 2 aromatic rings. The summed E-state index contributed by atoms with van der Waals surface area (Å²) in [5.41, 5.74) is 0.416. The van der Waals surface area contributed by atoms with Crippen molar-refractivity contribution in [2.45, 2.75) is 32.2 Å². The summed E-state index contributed by atoms with van der Waals surface area (Å²) >= 11 is 0. The number of hydrogen-bond acceptors (Lipinski definition) is 5. The standard InChI is InChI=1S/C18H22N4O4/c1-2-26-18(25)22-10-9-12(11-22)19-16(23)8-7-15-20-14-6-4-3-5-13(14)17(24)21-15/h3-6,12H,2,7-11H2,1H3,(H,19,23)(H,20,21,24)/t12-/m0/s1. The third-order valence-electron chi connectivity index (χ3n) is 4.33. The first-order chi connectivity index (χ1) is 12.6. The highest BCUT2D eigenvalue weighted by Gasteiger charge is 2.27. The first kappa shape index (κ1) is 17.9. The first-order valence-electron chi connectivity index (χ1n) is 8.76. The van der Waals surface area contributed by atoms with Crippen molar-refractivity contribution in [3.05, 3.63) is 40.4 Å². The third kappa shape index (κ3) is 4.19. The van der Waals surface area contributed by atoms with Crippen LogP contribution in [-0.2, 0) is 16.0 Å². The maximum Gasteiger partial charge on any atom is 0.409 e. The lowest BCUT2D eigenvalue weighted by atomic mass is 10.2. The summed E-state index contributed by atoms with van der Waals surface area (Å²) in [5.74, 6) is 0.361. The van der Waals surface area contributed by atoms with Crippen molar-refractivity contribution in [2.24, 2.45) is 0 Å². The smallest absolute Gasteiger partial charge is 0.409 e. The van der Waals surface area contributed by atoms with Crippen LogP contribution in [0.25, 0.3) is 10.9 Å².